The number of benzene rings is 1. The zero-order valence-electron chi connectivity index (χ0n) is 13.8. The van der Waals surface area contributed by atoms with E-state index in [0.29, 0.717) is 12.3 Å². The van der Waals surface area contributed by atoms with Crippen LogP contribution in [0.15, 0.2) is 30.3 Å². The predicted octanol–water partition coefficient (Wildman–Crippen LogP) is 3.52. The average molecular weight is 308 g/mol. The first kappa shape index (κ1) is 19.1. The first-order valence-electron chi connectivity index (χ1n) is 8.60. The van der Waals surface area contributed by atoms with Crippen LogP contribution in [-0.2, 0) is 6.42 Å². The Kier molecular flexibility index (Phi) is 10.1. The molecule has 126 valence electrons. The van der Waals surface area contributed by atoms with Crippen molar-refractivity contribution in [2.75, 3.05) is 7.11 Å². The highest BCUT2D eigenvalue weighted by atomic mass is 16.5. The third kappa shape index (κ3) is 7.39. The number of hydrogen-bond donors (Lipinski definition) is 3. The summed E-state index contributed by atoms with van der Waals surface area (Å²) < 4.78 is 0. The molecule has 0 spiro atoms. The molecule has 1 saturated carbocycles. The number of aliphatic hydroxyl groups is 3. The van der Waals surface area contributed by atoms with Crippen molar-refractivity contribution < 1.29 is 15.3 Å². The number of unbranched alkanes of at least 4 members (excludes halogenated alkanes) is 2. The number of rotatable bonds is 8. The van der Waals surface area contributed by atoms with Crippen molar-refractivity contribution in [1.82, 2.24) is 0 Å². The van der Waals surface area contributed by atoms with Crippen molar-refractivity contribution in [1.29, 1.82) is 0 Å². The van der Waals surface area contributed by atoms with Crippen molar-refractivity contribution in [3.63, 3.8) is 0 Å². The third-order valence-corrected chi connectivity index (χ3v) is 4.71. The monoisotopic (exact) mass is 308 g/mol. The highest BCUT2D eigenvalue weighted by molar-refractivity contribution is 5.14. The van der Waals surface area contributed by atoms with Crippen LogP contribution in [0.5, 0.6) is 0 Å². The van der Waals surface area contributed by atoms with Crippen LogP contribution < -0.4 is 0 Å². The van der Waals surface area contributed by atoms with E-state index in [1.165, 1.54) is 56.9 Å². The van der Waals surface area contributed by atoms with Crippen molar-refractivity contribution >= 4 is 0 Å². The van der Waals surface area contributed by atoms with Gasteiger partial charge in [-0.2, -0.15) is 0 Å². The maximum Gasteiger partial charge on any atom is 0.151 e. The minimum Gasteiger partial charge on any atom is -0.400 e. The molecule has 1 aromatic rings. The molecule has 0 heterocycles. The fourth-order valence-corrected chi connectivity index (χ4v) is 3.63. The predicted molar refractivity (Wildman–Crippen MR) is 90.4 cm³/mol. The van der Waals surface area contributed by atoms with E-state index in [0.717, 1.165) is 13.0 Å². The van der Waals surface area contributed by atoms with Gasteiger partial charge in [0.1, 0.15) is 0 Å². The SMILES string of the molecule is CO.OC(O)C[C@H]1CCCC1CCCCCc1ccccc1. The van der Waals surface area contributed by atoms with Gasteiger partial charge in [-0.1, -0.05) is 62.4 Å². The van der Waals surface area contributed by atoms with E-state index in [1.54, 1.807) is 0 Å². The maximum absolute atomic E-state index is 9.12. The van der Waals surface area contributed by atoms with E-state index < -0.39 is 6.29 Å². The second kappa shape index (κ2) is 11.6. The van der Waals surface area contributed by atoms with Crippen LogP contribution in [0.4, 0.5) is 0 Å². The molecular formula is C19H32O3. The Bertz CT molecular complexity index is 364. The minimum atomic E-state index is -1.11. The highest BCUT2D eigenvalue weighted by Crippen LogP contribution is 2.37. The summed E-state index contributed by atoms with van der Waals surface area (Å²) in [6.07, 6.45) is 9.51. The van der Waals surface area contributed by atoms with Crippen LogP contribution in [-0.4, -0.2) is 28.7 Å². The molecule has 2 rings (SSSR count). The molecule has 3 nitrogen and oxygen atoms in total. The molecule has 1 fully saturated rings. The smallest absolute Gasteiger partial charge is 0.151 e. The van der Waals surface area contributed by atoms with E-state index in [9.17, 15) is 0 Å². The molecule has 1 unspecified atom stereocenters. The zero-order chi connectivity index (χ0) is 16.2. The summed E-state index contributed by atoms with van der Waals surface area (Å²) >= 11 is 0. The number of aryl methyl sites for hydroxylation is 1. The molecule has 0 amide bonds. The summed E-state index contributed by atoms with van der Waals surface area (Å²) in [4.78, 5) is 0. The van der Waals surface area contributed by atoms with E-state index in [-0.39, 0.29) is 0 Å². The van der Waals surface area contributed by atoms with E-state index >= 15 is 0 Å². The Balaban J connectivity index is 0.00000116. The van der Waals surface area contributed by atoms with Crippen LogP contribution in [0.25, 0.3) is 0 Å². The lowest BCUT2D eigenvalue weighted by Crippen LogP contribution is -2.16. The van der Waals surface area contributed by atoms with Crippen LogP contribution in [0.1, 0.15) is 56.9 Å². The molecule has 1 aliphatic carbocycles. The van der Waals surface area contributed by atoms with Gasteiger partial charge in [0.25, 0.3) is 0 Å². The lowest BCUT2D eigenvalue weighted by Gasteiger charge is -2.20. The Hall–Kier alpha value is -0.900. The van der Waals surface area contributed by atoms with Crippen LogP contribution in [0.3, 0.4) is 0 Å². The summed E-state index contributed by atoms with van der Waals surface area (Å²) in [6.45, 7) is 0. The van der Waals surface area contributed by atoms with Gasteiger partial charge in [-0.25, -0.2) is 0 Å². The second-order valence-corrected chi connectivity index (χ2v) is 6.25. The fraction of sp³-hybridized carbons (Fsp3) is 0.684. The van der Waals surface area contributed by atoms with Crippen LogP contribution in [0.2, 0.25) is 0 Å². The molecule has 0 aliphatic heterocycles. The molecule has 0 radical (unpaired) electrons. The molecule has 0 aromatic heterocycles. The Morgan fingerprint density at radius 2 is 1.64 bits per heavy atom. The summed E-state index contributed by atoms with van der Waals surface area (Å²) in [5.41, 5.74) is 1.44. The third-order valence-electron chi connectivity index (χ3n) is 4.71. The number of hydrogen-bond acceptors (Lipinski definition) is 3. The normalized spacial score (nSPS) is 20.8. The lowest BCUT2D eigenvalue weighted by atomic mass is 9.88. The van der Waals surface area contributed by atoms with Crippen LogP contribution in [0, 0.1) is 11.8 Å². The zero-order valence-corrected chi connectivity index (χ0v) is 13.8. The van der Waals surface area contributed by atoms with Crippen molar-refractivity contribution in [2.24, 2.45) is 11.8 Å². The fourth-order valence-electron chi connectivity index (χ4n) is 3.63. The molecule has 22 heavy (non-hydrogen) atoms. The summed E-state index contributed by atoms with van der Waals surface area (Å²) in [7, 11) is 1.00. The van der Waals surface area contributed by atoms with Gasteiger partial charge in [-0.3, -0.25) is 0 Å². The molecular weight excluding hydrogens is 276 g/mol. The van der Waals surface area contributed by atoms with E-state index in [4.69, 9.17) is 15.3 Å². The van der Waals surface area contributed by atoms with Gasteiger partial charge < -0.3 is 15.3 Å². The molecule has 3 heteroatoms. The Labute approximate surface area is 135 Å². The largest absolute Gasteiger partial charge is 0.400 e. The number of aliphatic hydroxyl groups excluding tert-OH is 2. The molecule has 0 saturated heterocycles. The lowest BCUT2D eigenvalue weighted by molar-refractivity contribution is -0.0594. The van der Waals surface area contributed by atoms with Gasteiger partial charge in [0.15, 0.2) is 6.29 Å². The van der Waals surface area contributed by atoms with Crippen molar-refractivity contribution in [3.8, 4) is 0 Å². The van der Waals surface area contributed by atoms with Gasteiger partial charge in [-0.05, 0) is 36.7 Å². The van der Waals surface area contributed by atoms with Crippen molar-refractivity contribution in [3.05, 3.63) is 35.9 Å². The highest BCUT2D eigenvalue weighted by Gasteiger charge is 2.27. The standard InChI is InChI=1S/C18H28O2.CH4O/c19-18(20)14-17-13-7-12-16(17)11-6-2-5-10-15-8-3-1-4-9-15;1-2/h1,3-4,8-9,16-20H,2,5-7,10-14H2;2H,1H3/t16?,17-;/m1./s1. The first-order valence-corrected chi connectivity index (χ1v) is 8.60. The van der Waals surface area contributed by atoms with Gasteiger partial charge in [0.05, 0.1) is 0 Å². The Morgan fingerprint density at radius 3 is 2.32 bits per heavy atom. The summed E-state index contributed by atoms with van der Waals surface area (Å²) in [6, 6.07) is 10.7. The maximum atomic E-state index is 9.12. The summed E-state index contributed by atoms with van der Waals surface area (Å²) in [5, 5.41) is 25.2. The second-order valence-electron chi connectivity index (χ2n) is 6.25. The van der Waals surface area contributed by atoms with Gasteiger partial charge in [-0.15, -0.1) is 0 Å². The molecule has 3 N–H and O–H groups in total. The van der Waals surface area contributed by atoms with Gasteiger partial charge >= 0.3 is 0 Å². The van der Waals surface area contributed by atoms with E-state index in [2.05, 4.69) is 30.3 Å². The van der Waals surface area contributed by atoms with Gasteiger partial charge in [0.2, 0.25) is 0 Å². The molecule has 1 aliphatic rings. The molecule has 0 bridgehead atoms. The topological polar surface area (TPSA) is 60.7 Å². The first-order chi connectivity index (χ1) is 10.8. The minimum absolute atomic E-state index is 0.545. The van der Waals surface area contributed by atoms with Crippen LogP contribution >= 0.6 is 0 Å². The molecule has 1 aromatic carbocycles. The van der Waals surface area contributed by atoms with Gasteiger partial charge in [0, 0.05) is 13.5 Å². The Morgan fingerprint density at radius 1 is 0.955 bits per heavy atom. The molecule has 2 atom stereocenters. The van der Waals surface area contributed by atoms with Crippen molar-refractivity contribution in [2.45, 2.75) is 64.1 Å². The van der Waals surface area contributed by atoms with E-state index in [1.807, 2.05) is 0 Å². The average Bonchev–Trinajstić information content (AvgIpc) is 2.96. The summed E-state index contributed by atoms with van der Waals surface area (Å²) in [5.74, 6) is 1.28. The quantitative estimate of drug-likeness (QED) is 0.509.